The Morgan fingerprint density at radius 2 is 1.68 bits per heavy atom. The number of nitrogens with zero attached hydrogens (tertiary/aromatic N) is 1. The Bertz CT molecular complexity index is 634. The number of rotatable bonds is 2. The van der Waals surface area contributed by atoms with Gasteiger partial charge in [0.05, 0.1) is 0 Å². The summed E-state index contributed by atoms with van der Waals surface area (Å²) in [4.78, 5) is 2.56. The third-order valence-electron chi connectivity index (χ3n) is 4.84. The van der Waals surface area contributed by atoms with Gasteiger partial charge in [-0.1, -0.05) is 63.2 Å². The molecule has 2 aromatic carbocycles. The van der Waals surface area contributed by atoms with E-state index in [-0.39, 0.29) is 5.41 Å². The second-order valence-electron chi connectivity index (χ2n) is 7.59. The van der Waals surface area contributed by atoms with Crippen LogP contribution in [0.2, 0.25) is 0 Å². The first-order valence-corrected chi connectivity index (χ1v) is 8.39. The molecule has 0 saturated heterocycles. The molecule has 3 rings (SSSR count). The molecule has 2 aromatic rings. The maximum atomic E-state index is 2.56. The molecule has 22 heavy (non-hydrogen) atoms. The van der Waals surface area contributed by atoms with Crippen LogP contribution in [0.4, 0.5) is 5.69 Å². The summed E-state index contributed by atoms with van der Waals surface area (Å²) in [6, 6.07) is 18.6. The second kappa shape index (κ2) is 5.79. The molecule has 1 unspecified atom stereocenters. The molecule has 1 heteroatoms. The summed E-state index contributed by atoms with van der Waals surface area (Å²) in [5.74, 6) is 0. The Morgan fingerprint density at radius 3 is 2.36 bits per heavy atom. The van der Waals surface area contributed by atoms with Crippen molar-refractivity contribution in [1.82, 2.24) is 0 Å². The molecule has 0 N–H and O–H groups in total. The van der Waals surface area contributed by atoms with Gasteiger partial charge in [0.15, 0.2) is 0 Å². The second-order valence-corrected chi connectivity index (χ2v) is 7.59. The van der Waals surface area contributed by atoms with E-state index in [9.17, 15) is 0 Å². The molecule has 0 amide bonds. The molecule has 1 atom stereocenters. The SMILES string of the molecule is CC1CCc2ccccc2N1Cc1ccc(C(C)(C)C)cc1. The fourth-order valence-electron chi connectivity index (χ4n) is 3.31. The van der Waals surface area contributed by atoms with Crippen molar-refractivity contribution in [2.45, 2.75) is 58.5 Å². The predicted molar refractivity (Wildman–Crippen MR) is 95.6 cm³/mol. The number of benzene rings is 2. The van der Waals surface area contributed by atoms with Crippen LogP contribution in [0.1, 0.15) is 50.8 Å². The molecule has 116 valence electrons. The van der Waals surface area contributed by atoms with E-state index in [1.807, 2.05) is 0 Å². The van der Waals surface area contributed by atoms with Crippen LogP contribution in [0, 0.1) is 0 Å². The van der Waals surface area contributed by atoms with E-state index in [1.54, 1.807) is 0 Å². The van der Waals surface area contributed by atoms with Crippen molar-refractivity contribution in [3.05, 3.63) is 65.2 Å². The molecule has 1 nitrogen and oxygen atoms in total. The topological polar surface area (TPSA) is 3.24 Å². The molecule has 0 fully saturated rings. The van der Waals surface area contributed by atoms with E-state index in [0.29, 0.717) is 6.04 Å². The van der Waals surface area contributed by atoms with E-state index in [1.165, 1.54) is 35.2 Å². The summed E-state index contributed by atoms with van der Waals surface area (Å²) in [5.41, 5.74) is 5.94. The minimum absolute atomic E-state index is 0.226. The van der Waals surface area contributed by atoms with Crippen molar-refractivity contribution in [1.29, 1.82) is 0 Å². The first-order valence-electron chi connectivity index (χ1n) is 8.39. The minimum Gasteiger partial charge on any atom is -0.364 e. The van der Waals surface area contributed by atoms with Gasteiger partial charge in [0, 0.05) is 18.3 Å². The van der Waals surface area contributed by atoms with Crippen LogP contribution in [0.5, 0.6) is 0 Å². The van der Waals surface area contributed by atoms with Gasteiger partial charge < -0.3 is 4.90 Å². The Hall–Kier alpha value is -1.76. The van der Waals surface area contributed by atoms with Gasteiger partial charge in [0.1, 0.15) is 0 Å². The largest absolute Gasteiger partial charge is 0.364 e. The zero-order valence-corrected chi connectivity index (χ0v) is 14.3. The Labute approximate surface area is 135 Å². The molecule has 0 bridgehead atoms. The summed E-state index contributed by atoms with van der Waals surface area (Å²) in [6.07, 6.45) is 2.45. The smallest absolute Gasteiger partial charge is 0.0432 e. The molecule has 1 aliphatic heterocycles. The lowest BCUT2D eigenvalue weighted by Gasteiger charge is -2.37. The van der Waals surface area contributed by atoms with Crippen LogP contribution in [0.15, 0.2) is 48.5 Å². The van der Waals surface area contributed by atoms with E-state index in [4.69, 9.17) is 0 Å². The van der Waals surface area contributed by atoms with Crippen molar-refractivity contribution in [2.75, 3.05) is 4.90 Å². The van der Waals surface area contributed by atoms with Crippen LogP contribution in [0.25, 0.3) is 0 Å². The molecule has 0 aliphatic carbocycles. The fourth-order valence-corrected chi connectivity index (χ4v) is 3.31. The Balaban J connectivity index is 1.84. The molecular formula is C21H27N. The third-order valence-corrected chi connectivity index (χ3v) is 4.84. The zero-order valence-electron chi connectivity index (χ0n) is 14.3. The maximum Gasteiger partial charge on any atom is 0.0432 e. The summed E-state index contributed by atoms with van der Waals surface area (Å²) in [7, 11) is 0. The lowest BCUT2D eigenvalue weighted by atomic mass is 9.86. The lowest BCUT2D eigenvalue weighted by Crippen LogP contribution is -2.36. The van der Waals surface area contributed by atoms with Gasteiger partial charge in [-0.15, -0.1) is 0 Å². The summed E-state index contributed by atoms with van der Waals surface area (Å²) in [5, 5.41) is 0. The van der Waals surface area contributed by atoms with E-state index < -0.39 is 0 Å². The predicted octanol–water partition coefficient (Wildman–Crippen LogP) is 5.33. The van der Waals surface area contributed by atoms with Gasteiger partial charge in [-0.3, -0.25) is 0 Å². The molecule has 1 aliphatic rings. The number of para-hydroxylation sites is 1. The highest BCUT2D eigenvalue weighted by Crippen LogP contribution is 2.32. The van der Waals surface area contributed by atoms with Gasteiger partial charge in [-0.25, -0.2) is 0 Å². The zero-order chi connectivity index (χ0) is 15.7. The highest BCUT2D eigenvalue weighted by atomic mass is 15.2. The van der Waals surface area contributed by atoms with Gasteiger partial charge >= 0.3 is 0 Å². The van der Waals surface area contributed by atoms with E-state index in [0.717, 1.165) is 6.54 Å². The van der Waals surface area contributed by atoms with Crippen molar-refractivity contribution in [3.8, 4) is 0 Å². The Morgan fingerprint density at radius 1 is 1.00 bits per heavy atom. The van der Waals surface area contributed by atoms with Crippen molar-refractivity contribution >= 4 is 5.69 Å². The highest BCUT2D eigenvalue weighted by Gasteiger charge is 2.22. The van der Waals surface area contributed by atoms with Gasteiger partial charge in [0.2, 0.25) is 0 Å². The average Bonchev–Trinajstić information content (AvgIpc) is 2.50. The highest BCUT2D eigenvalue weighted by molar-refractivity contribution is 5.56. The van der Waals surface area contributed by atoms with E-state index >= 15 is 0 Å². The molecule has 0 saturated carbocycles. The van der Waals surface area contributed by atoms with Crippen molar-refractivity contribution in [2.24, 2.45) is 0 Å². The van der Waals surface area contributed by atoms with Crippen molar-refractivity contribution < 1.29 is 0 Å². The quantitative estimate of drug-likeness (QED) is 0.724. The van der Waals surface area contributed by atoms with Crippen LogP contribution >= 0.6 is 0 Å². The first-order chi connectivity index (χ1) is 10.4. The summed E-state index contributed by atoms with van der Waals surface area (Å²) in [6.45, 7) is 10.2. The number of hydrogen-bond acceptors (Lipinski definition) is 1. The average molecular weight is 293 g/mol. The summed E-state index contributed by atoms with van der Waals surface area (Å²) >= 11 is 0. The first kappa shape index (κ1) is 15.1. The standard InChI is InChI=1S/C21H27N/c1-16-9-12-18-7-5-6-8-20(18)22(16)15-17-10-13-19(14-11-17)21(2,3)4/h5-8,10-11,13-14,16H,9,12,15H2,1-4H3. The number of aryl methyl sites for hydroxylation is 1. The van der Waals surface area contributed by atoms with Crippen LogP contribution in [-0.4, -0.2) is 6.04 Å². The van der Waals surface area contributed by atoms with Crippen LogP contribution in [-0.2, 0) is 18.4 Å². The molecular weight excluding hydrogens is 266 g/mol. The normalized spacial score (nSPS) is 18.2. The van der Waals surface area contributed by atoms with Crippen LogP contribution in [0.3, 0.4) is 0 Å². The van der Waals surface area contributed by atoms with Crippen molar-refractivity contribution in [3.63, 3.8) is 0 Å². The molecule has 0 radical (unpaired) electrons. The Kier molecular flexibility index (Phi) is 3.99. The fraction of sp³-hybridized carbons (Fsp3) is 0.429. The van der Waals surface area contributed by atoms with Gasteiger partial charge in [-0.05, 0) is 47.9 Å². The van der Waals surface area contributed by atoms with Crippen LogP contribution < -0.4 is 4.90 Å². The third kappa shape index (κ3) is 3.04. The van der Waals surface area contributed by atoms with Gasteiger partial charge in [0.25, 0.3) is 0 Å². The van der Waals surface area contributed by atoms with E-state index in [2.05, 4.69) is 81.1 Å². The lowest BCUT2D eigenvalue weighted by molar-refractivity contribution is 0.559. The van der Waals surface area contributed by atoms with Gasteiger partial charge in [-0.2, -0.15) is 0 Å². The maximum absolute atomic E-state index is 2.56. The molecule has 0 spiro atoms. The monoisotopic (exact) mass is 293 g/mol. The summed E-state index contributed by atoms with van der Waals surface area (Å²) < 4.78 is 0. The minimum atomic E-state index is 0.226. The molecule has 0 aromatic heterocycles. The number of hydrogen-bond donors (Lipinski definition) is 0. The number of fused-ring (bicyclic) bond motifs is 1. The number of anilines is 1. The molecule has 1 heterocycles.